The zero-order chi connectivity index (χ0) is 14.7. The van der Waals surface area contributed by atoms with E-state index in [0.717, 1.165) is 24.3 Å². The number of hydrogen-bond donors (Lipinski definition) is 1. The third-order valence-corrected chi connectivity index (χ3v) is 4.23. The number of nitrogens with zero attached hydrogens (tertiary/aromatic N) is 1. The van der Waals surface area contributed by atoms with Crippen LogP contribution in [-0.4, -0.2) is 24.1 Å². The van der Waals surface area contributed by atoms with Crippen molar-refractivity contribution in [3.05, 3.63) is 46.7 Å². The molecule has 2 amide bonds. The van der Waals surface area contributed by atoms with Gasteiger partial charge >= 0.3 is 6.03 Å². The van der Waals surface area contributed by atoms with Crippen molar-refractivity contribution >= 4 is 23.1 Å². The molecule has 1 aromatic carbocycles. The van der Waals surface area contributed by atoms with Crippen LogP contribution in [0.4, 0.5) is 10.5 Å². The molecule has 1 saturated carbocycles. The molecule has 1 fully saturated rings. The van der Waals surface area contributed by atoms with Gasteiger partial charge in [-0.2, -0.15) is 11.3 Å². The minimum Gasteiger partial charge on any atom is -0.497 e. The topological polar surface area (TPSA) is 41.6 Å². The van der Waals surface area contributed by atoms with E-state index in [1.807, 2.05) is 34.5 Å². The van der Waals surface area contributed by atoms with Gasteiger partial charge < -0.3 is 15.0 Å². The number of ether oxygens (including phenoxy) is 1. The van der Waals surface area contributed by atoms with E-state index in [-0.39, 0.29) is 6.03 Å². The van der Waals surface area contributed by atoms with Crippen LogP contribution in [0, 0.1) is 0 Å². The number of methoxy groups -OCH3 is 1. The molecule has 2 aromatic rings. The Balaban J connectivity index is 1.69. The normalized spacial score (nSPS) is 13.8. The predicted octanol–water partition coefficient (Wildman–Crippen LogP) is 3.95. The fourth-order valence-electron chi connectivity index (χ4n) is 2.23. The first-order valence-corrected chi connectivity index (χ1v) is 7.93. The van der Waals surface area contributed by atoms with Crippen molar-refractivity contribution in [3.63, 3.8) is 0 Å². The second-order valence-corrected chi connectivity index (χ2v) is 5.93. The Morgan fingerprint density at radius 3 is 2.95 bits per heavy atom. The van der Waals surface area contributed by atoms with Crippen molar-refractivity contribution in [1.82, 2.24) is 4.90 Å². The van der Waals surface area contributed by atoms with E-state index in [1.54, 1.807) is 18.4 Å². The largest absolute Gasteiger partial charge is 0.497 e. The lowest BCUT2D eigenvalue weighted by molar-refractivity contribution is 0.206. The second kappa shape index (κ2) is 6.18. The first kappa shape index (κ1) is 13.9. The number of hydrogen-bond acceptors (Lipinski definition) is 3. The minimum absolute atomic E-state index is 0.0445. The SMILES string of the molecule is COc1cccc(NC(=O)N(Cc2ccsc2)C2CC2)c1. The molecule has 5 heteroatoms. The lowest BCUT2D eigenvalue weighted by Gasteiger charge is -2.22. The molecular weight excluding hydrogens is 284 g/mol. The van der Waals surface area contributed by atoms with Gasteiger partial charge in [0.25, 0.3) is 0 Å². The number of anilines is 1. The Hall–Kier alpha value is -2.01. The molecule has 110 valence electrons. The minimum atomic E-state index is -0.0445. The molecule has 4 nitrogen and oxygen atoms in total. The smallest absolute Gasteiger partial charge is 0.322 e. The van der Waals surface area contributed by atoms with Crippen molar-refractivity contribution < 1.29 is 9.53 Å². The summed E-state index contributed by atoms with van der Waals surface area (Å²) in [5, 5.41) is 7.09. The van der Waals surface area contributed by atoms with Crippen LogP contribution in [0.2, 0.25) is 0 Å². The van der Waals surface area contributed by atoms with Gasteiger partial charge in [0, 0.05) is 24.3 Å². The van der Waals surface area contributed by atoms with E-state index in [9.17, 15) is 4.79 Å². The third kappa shape index (κ3) is 3.55. The molecule has 1 heterocycles. The molecule has 0 saturated heterocycles. The summed E-state index contributed by atoms with van der Waals surface area (Å²) >= 11 is 1.66. The van der Waals surface area contributed by atoms with Crippen molar-refractivity contribution in [3.8, 4) is 5.75 Å². The van der Waals surface area contributed by atoms with Gasteiger partial charge in [-0.15, -0.1) is 0 Å². The molecule has 3 rings (SSSR count). The molecule has 21 heavy (non-hydrogen) atoms. The van der Waals surface area contributed by atoms with Gasteiger partial charge in [-0.1, -0.05) is 6.07 Å². The van der Waals surface area contributed by atoms with Crippen LogP contribution in [0.3, 0.4) is 0 Å². The summed E-state index contributed by atoms with van der Waals surface area (Å²) in [5.74, 6) is 0.739. The van der Waals surface area contributed by atoms with E-state index in [0.29, 0.717) is 12.6 Å². The monoisotopic (exact) mass is 302 g/mol. The highest BCUT2D eigenvalue weighted by Gasteiger charge is 2.32. The van der Waals surface area contributed by atoms with E-state index in [4.69, 9.17) is 4.74 Å². The fraction of sp³-hybridized carbons (Fsp3) is 0.312. The van der Waals surface area contributed by atoms with Gasteiger partial charge in [0.1, 0.15) is 5.75 Å². The molecule has 1 aliphatic carbocycles. The highest BCUT2D eigenvalue weighted by atomic mass is 32.1. The Bertz CT molecular complexity index is 608. The summed E-state index contributed by atoms with van der Waals surface area (Å²) in [6.07, 6.45) is 2.19. The van der Waals surface area contributed by atoms with E-state index in [1.165, 1.54) is 5.56 Å². The highest BCUT2D eigenvalue weighted by molar-refractivity contribution is 7.07. The molecule has 1 aliphatic rings. The maximum atomic E-state index is 12.5. The number of carbonyl (C=O) groups is 1. The maximum absolute atomic E-state index is 12.5. The number of rotatable bonds is 5. The average molecular weight is 302 g/mol. The first-order chi connectivity index (χ1) is 10.3. The van der Waals surface area contributed by atoms with Crippen LogP contribution < -0.4 is 10.1 Å². The Kier molecular flexibility index (Phi) is 4.10. The zero-order valence-electron chi connectivity index (χ0n) is 11.9. The molecule has 1 aromatic heterocycles. The van der Waals surface area contributed by atoms with Crippen molar-refractivity contribution in [2.24, 2.45) is 0 Å². The van der Waals surface area contributed by atoms with Crippen molar-refractivity contribution in [2.45, 2.75) is 25.4 Å². The molecule has 0 bridgehead atoms. The van der Waals surface area contributed by atoms with E-state index < -0.39 is 0 Å². The molecule has 0 radical (unpaired) electrons. The number of thiophene rings is 1. The standard InChI is InChI=1S/C16H18N2O2S/c1-20-15-4-2-3-13(9-15)17-16(19)18(14-5-6-14)10-12-7-8-21-11-12/h2-4,7-9,11,14H,5-6,10H2,1H3,(H,17,19). The third-order valence-electron chi connectivity index (χ3n) is 3.50. The van der Waals surface area contributed by atoms with Gasteiger partial charge in [0.2, 0.25) is 0 Å². The molecular formula is C16H18N2O2S. The van der Waals surface area contributed by atoms with Crippen LogP contribution in [0.1, 0.15) is 18.4 Å². The van der Waals surface area contributed by atoms with Crippen LogP contribution in [-0.2, 0) is 6.54 Å². The van der Waals surface area contributed by atoms with Gasteiger partial charge in [-0.05, 0) is 47.4 Å². The summed E-state index contributed by atoms with van der Waals surface area (Å²) in [5.41, 5.74) is 1.95. The van der Waals surface area contributed by atoms with E-state index in [2.05, 4.69) is 16.8 Å². The summed E-state index contributed by atoms with van der Waals surface area (Å²) in [7, 11) is 1.62. The summed E-state index contributed by atoms with van der Waals surface area (Å²) in [6, 6.07) is 9.82. The number of urea groups is 1. The van der Waals surface area contributed by atoms with Crippen LogP contribution in [0.5, 0.6) is 5.75 Å². The lowest BCUT2D eigenvalue weighted by atomic mass is 10.3. The average Bonchev–Trinajstić information content (AvgIpc) is 3.21. The fourth-order valence-corrected chi connectivity index (χ4v) is 2.89. The number of nitrogens with one attached hydrogen (secondary N) is 1. The van der Waals surface area contributed by atoms with E-state index >= 15 is 0 Å². The molecule has 0 spiro atoms. The summed E-state index contributed by atoms with van der Waals surface area (Å²) in [6.45, 7) is 0.671. The Labute approximate surface area is 128 Å². The van der Waals surface area contributed by atoms with Crippen LogP contribution in [0.15, 0.2) is 41.1 Å². The second-order valence-electron chi connectivity index (χ2n) is 5.15. The Morgan fingerprint density at radius 2 is 2.29 bits per heavy atom. The summed E-state index contributed by atoms with van der Waals surface area (Å²) in [4.78, 5) is 14.4. The number of benzene rings is 1. The maximum Gasteiger partial charge on any atom is 0.322 e. The number of amides is 2. The Morgan fingerprint density at radius 1 is 1.43 bits per heavy atom. The molecule has 0 atom stereocenters. The van der Waals surface area contributed by atoms with Gasteiger partial charge in [-0.25, -0.2) is 4.79 Å². The first-order valence-electron chi connectivity index (χ1n) is 6.99. The predicted molar refractivity (Wildman–Crippen MR) is 84.9 cm³/mol. The van der Waals surface area contributed by atoms with Gasteiger partial charge in [0.15, 0.2) is 0 Å². The van der Waals surface area contributed by atoms with Gasteiger partial charge in [-0.3, -0.25) is 0 Å². The lowest BCUT2D eigenvalue weighted by Crippen LogP contribution is -2.36. The molecule has 0 aliphatic heterocycles. The van der Waals surface area contributed by atoms with Crippen LogP contribution >= 0.6 is 11.3 Å². The molecule has 1 N–H and O–H groups in total. The van der Waals surface area contributed by atoms with Crippen LogP contribution in [0.25, 0.3) is 0 Å². The van der Waals surface area contributed by atoms with Crippen molar-refractivity contribution in [2.75, 3.05) is 12.4 Å². The quantitative estimate of drug-likeness (QED) is 0.908. The summed E-state index contributed by atoms with van der Waals surface area (Å²) < 4.78 is 5.18. The van der Waals surface area contributed by atoms with Gasteiger partial charge in [0.05, 0.1) is 7.11 Å². The highest BCUT2D eigenvalue weighted by Crippen LogP contribution is 2.29. The molecule has 0 unspecified atom stereocenters. The number of carbonyl (C=O) groups excluding carboxylic acids is 1. The zero-order valence-corrected chi connectivity index (χ0v) is 12.7. The van der Waals surface area contributed by atoms with Crippen molar-refractivity contribution in [1.29, 1.82) is 0 Å².